The van der Waals surface area contributed by atoms with Gasteiger partial charge in [0.05, 0.1) is 11.3 Å². The van der Waals surface area contributed by atoms with Crippen LogP contribution in [0.1, 0.15) is 13.8 Å². The van der Waals surface area contributed by atoms with Gasteiger partial charge in [0.25, 0.3) is 0 Å². The number of anilines is 1. The summed E-state index contributed by atoms with van der Waals surface area (Å²) in [5, 5.41) is 0.593. The van der Waals surface area contributed by atoms with Crippen LogP contribution in [-0.4, -0.2) is 38.8 Å². The van der Waals surface area contributed by atoms with Gasteiger partial charge < -0.3 is 4.90 Å². The Morgan fingerprint density at radius 2 is 2.15 bits per heavy atom. The molecule has 0 saturated carbocycles. The molecule has 2 heterocycles. The molecule has 20 heavy (non-hydrogen) atoms. The van der Waals surface area contributed by atoms with E-state index in [0.717, 1.165) is 12.4 Å². The van der Waals surface area contributed by atoms with E-state index in [0.29, 0.717) is 17.5 Å². The van der Waals surface area contributed by atoms with E-state index in [-0.39, 0.29) is 12.0 Å². The maximum Gasteiger partial charge on any atom is 0.209 e. The molecule has 0 aromatic carbocycles. The first kappa shape index (κ1) is 15.5. The molecule has 1 aliphatic rings. The van der Waals surface area contributed by atoms with E-state index < -0.39 is 10.0 Å². The van der Waals surface area contributed by atoms with Crippen LogP contribution in [0.25, 0.3) is 0 Å². The van der Waals surface area contributed by atoms with Crippen molar-refractivity contribution in [1.82, 2.24) is 9.71 Å². The molecule has 0 unspecified atom stereocenters. The Morgan fingerprint density at radius 3 is 2.70 bits per heavy atom. The van der Waals surface area contributed by atoms with Crippen molar-refractivity contribution < 1.29 is 8.42 Å². The van der Waals surface area contributed by atoms with Crippen molar-refractivity contribution in [3.63, 3.8) is 0 Å². The third-order valence-corrected chi connectivity index (χ3v) is 4.65. The first-order valence-electron chi connectivity index (χ1n) is 6.60. The molecule has 1 aromatic rings. The molecule has 0 spiro atoms. The van der Waals surface area contributed by atoms with E-state index in [1.54, 1.807) is 18.3 Å². The summed E-state index contributed by atoms with van der Waals surface area (Å²) >= 11 is 6.17. The van der Waals surface area contributed by atoms with Crippen LogP contribution in [0.4, 0.5) is 5.82 Å². The van der Waals surface area contributed by atoms with Crippen LogP contribution in [0.3, 0.4) is 0 Å². The number of nitrogens with zero attached hydrogens (tertiary/aromatic N) is 2. The van der Waals surface area contributed by atoms with Gasteiger partial charge in [0.2, 0.25) is 10.0 Å². The van der Waals surface area contributed by atoms with Gasteiger partial charge in [-0.05, 0) is 24.0 Å². The number of hydrogen-bond acceptors (Lipinski definition) is 4. The summed E-state index contributed by atoms with van der Waals surface area (Å²) in [5.74, 6) is 1.34. The fraction of sp³-hybridized carbons (Fsp3) is 0.615. The molecular weight excluding hydrogens is 298 g/mol. The fourth-order valence-corrected chi connectivity index (χ4v) is 3.73. The maximum absolute atomic E-state index is 11.5. The number of pyridine rings is 1. The van der Waals surface area contributed by atoms with Gasteiger partial charge >= 0.3 is 0 Å². The van der Waals surface area contributed by atoms with Crippen molar-refractivity contribution in [3.05, 3.63) is 23.4 Å². The second kappa shape index (κ2) is 5.87. The summed E-state index contributed by atoms with van der Waals surface area (Å²) in [6.45, 7) is 5.55. The van der Waals surface area contributed by atoms with Crippen molar-refractivity contribution in [2.45, 2.75) is 19.9 Å². The average molecular weight is 318 g/mol. The van der Waals surface area contributed by atoms with Gasteiger partial charge in [0.15, 0.2) is 0 Å². The number of rotatable bonds is 4. The zero-order valence-corrected chi connectivity index (χ0v) is 13.4. The Labute approximate surface area is 125 Å². The Hall–Kier alpha value is -0.850. The minimum atomic E-state index is -3.22. The maximum atomic E-state index is 11.5. The van der Waals surface area contributed by atoms with Crippen molar-refractivity contribution >= 4 is 27.4 Å². The molecular formula is C13H20ClN3O2S. The SMILES string of the molecule is CC(C)[C@H]1CN(c2ncccc2Cl)C[C@@H]1NS(C)(=O)=O. The lowest BCUT2D eigenvalue weighted by Gasteiger charge is -2.21. The van der Waals surface area contributed by atoms with Crippen molar-refractivity contribution in [3.8, 4) is 0 Å². The number of sulfonamides is 1. The highest BCUT2D eigenvalue weighted by atomic mass is 35.5. The van der Waals surface area contributed by atoms with Crippen LogP contribution in [0.5, 0.6) is 0 Å². The molecule has 0 radical (unpaired) electrons. The summed E-state index contributed by atoms with van der Waals surface area (Å²) in [5.41, 5.74) is 0. The van der Waals surface area contributed by atoms with Crippen LogP contribution in [0, 0.1) is 11.8 Å². The van der Waals surface area contributed by atoms with E-state index in [2.05, 4.69) is 28.5 Å². The molecule has 1 aromatic heterocycles. The third-order valence-electron chi connectivity index (χ3n) is 3.63. The lowest BCUT2D eigenvalue weighted by molar-refractivity contribution is 0.365. The normalized spacial score (nSPS) is 23.6. The van der Waals surface area contributed by atoms with Gasteiger partial charge in [-0.1, -0.05) is 25.4 Å². The number of aromatic nitrogens is 1. The van der Waals surface area contributed by atoms with Gasteiger partial charge in [-0.15, -0.1) is 0 Å². The number of hydrogen-bond donors (Lipinski definition) is 1. The predicted octanol–water partition coefficient (Wildman–Crippen LogP) is 1.74. The van der Waals surface area contributed by atoms with Crippen LogP contribution in [-0.2, 0) is 10.0 Å². The Bertz CT molecular complexity index is 577. The molecule has 0 bridgehead atoms. The van der Waals surface area contributed by atoms with Crippen molar-refractivity contribution in [2.24, 2.45) is 11.8 Å². The van der Waals surface area contributed by atoms with Gasteiger partial charge in [0.1, 0.15) is 5.82 Å². The van der Waals surface area contributed by atoms with Crippen LogP contribution >= 0.6 is 11.6 Å². The third kappa shape index (κ3) is 3.62. The van der Waals surface area contributed by atoms with Gasteiger partial charge in [0, 0.05) is 25.3 Å². The first-order chi connectivity index (χ1) is 9.28. The quantitative estimate of drug-likeness (QED) is 0.919. The van der Waals surface area contributed by atoms with Crippen LogP contribution in [0.15, 0.2) is 18.3 Å². The largest absolute Gasteiger partial charge is 0.353 e. The Kier molecular flexibility index (Phi) is 4.56. The standard InChI is InChI=1S/C13H20ClN3O2S/c1-9(2)10-7-17(8-12(10)16-20(3,18)19)13-11(14)5-4-6-15-13/h4-6,9-10,12,16H,7-8H2,1-3H3/t10-,12+/m1/s1. The average Bonchev–Trinajstić information content (AvgIpc) is 2.71. The summed E-state index contributed by atoms with van der Waals surface area (Å²) in [6, 6.07) is 3.47. The van der Waals surface area contributed by atoms with E-state index in [1.165, 1.54) is 6.26 Å². The molecule has 2 atom stereocenters. The molecule has 1 aliphatic heterocycles. The highest BCUT2D eigenvalue weighted by molar-refractivity contribution is 7.88. The molecule has 1 N–H and O–H groups in total. The van der Waals surface area contributed by atoms with E-state index in [4.69, 9.17) is 11.6 Å². The molecule has 1 saturated heterocycles. The van der Waals surface area contributed by atoms with Crippen molar-refractivity contribution in [2.75, 3.05) is 24.2 Å². The van der Waals surface area contributed by atoms with Crippen molar-refractivity contribution in [1.29, 1.82) is 0 Å². The van der Waals surface area contributed by atoms with Gasteiger partial charge in [-0.25, -0.2) is 18.1 Å². The minimum Gasteiger partial charge on any atom is -0.353 e. The lowest BCUT2D eigenvalue weighted by atomic mass is 9.92. The monoisotopic (exact) mass is 317 g/mol. The topological polar surface area (TPSA) is 62.3 Å². The summed E-state index contributed by atoms with van der Waals surface area (Å²) in [4.78, 5) is 6.35. The highest BCUT2D eigenvalue weighted by Crippen LogP contribution is 2.31. The second-order valence-electron chi connectivity index (χ2n) is 5.62. The van der Waals surface area contributed by atoms with E-state index in [1.807, 2.05) is 0 Å². The molecule has 1 fully saturated rings. The summed E-state index contributed by atoms with van der Waals surface area (Å²) in [6.07, 6.45) is 2.89. The second-order valence-corrected chi connectivity index (χ2v) is 7.81. The van der Waals surface area contributed by atoms with E-state index >= 15 is 0 Å². The summed E-state index contributed by atoms with van der Waals surface area (Å²) < 4.78 is 25.7. The van der Waals surface area contributed by atoms with Crippen LogP contribution in [0.2, 0.25) is 5.02 Å². The molecule has 7 heteroatoms. The first-order valence-corrected chi connectivity index (χ1v) is 8.87. The molecule has 5 nitrogen and oxygen atoms in total. The van der Waals surface area contributed by atoms with Crippen LogP contribution < -0.4 is 9.62 Å². The number of halogens is 1. The molecule has 0 aliphatic carbocycles. The zero-order chi connectivity index (χ0) is 14.9. The Morgan fingerprint density at radius 1 is 1.45 bits per heavy atom. The smallest absolute Gasteiger partial charge is 0.209 e. The lowest BCUT2D eigenvalue weighted by Crippen LogP contribution is -2.41. The molecule has 2 rings (SSSR count). The fourth-order valence-electron chi connectivity index (χ4n) is 2.69. The molecule has 0 amide bonds. The molecule has 112 valence electrons. The highest BCUT2D eigenvalue weighted by Gasteiger charge is 2.37. The van der Waals surface area contributed by atoms with Gasteiger partial charge in [-0.3, -0.25) is 0 Å². The zero-order valence-electron chi connectivity index (χ0n) is 11.9. The van der Waals surface area contributed by atoms with Gasteiger partial charge in [-0.2, -0.15) is 0 Å². The van der Waals surface area contributed by atoms with E-state index in [9.17, 15) is 8.42 Å². The predicted molar refractivity (Wildman–Crippen MR) is 81.6 cm³/mol. The number of nitrogens with one attached hydrogen (secondary N) is 1. The minimum absolute atomic E-state index is 0.108. The summed E-state index contributed by atoms with van der Waals surface area (Å²) in [7, 11) is -3.22. The Balaban J connectivity index is 2.22.